The Bertz CT molecular complexity index is 414. The van der Waals surface area contributed by atoms with Gasteiger partial charge in [-0.25, -0.2) is 0 Å². The quantitative estimate of drug-likeness (QED) is 0.580. The smallest absolute Gasteiger partial charge is 0.534 e. The van der Waals surface area contributed by atoms with Crippen molar-refractivity contribution in [2.45, 2.75) is 45.6 Å². The summed E-state index contributed by atoms with van der Waals surface area (Å²) < 4.78 is 16.5. The minimum atomic E-state index is -0.441. The van der Waals surface area contributed by atoms with E-state index in [0.717, 1.165) is 18.3 Å². The van der Waals surface area contributed by atoms with Crippen LogP contribution in [0.4, 0.5) is 0 Å². The Kier molecular flexibility index (Phi) is 4.04. The minimum Gasteiger partial charge on any atom is -0.534 e. The fraction of sp³-hybridized carbons (Fsp3) is 0.643. The molecule has 0 radical (unpaired) electrons. The number of carbonyl (C=O) groups is 1. The van der Waals surface area contributed by atoms with Crippen LogP contribution >= 0.6 is 0 Å². The van der Waals surface area contributed by atoms with Crippen LogP contribution in [0.25, 0.3) is 0 Å². The number of hydrogen-bond donors (Lipinski definition) is 0. The standard InChI is InChI=1S/C14H21BO4/c1-5-17-13(16)11-6-8-12(9-7-11)15-18-10(2)14(3,4)19-15/h8,11H,2,5-7,9H2,1,3-4H3. The maximum Gasteiger partial charge on any atom is 0.558 e. The molecule has 1 aliphatic carbocycles. The van der Waals surface area contributed by atoms with Gasteiger partial charge in [0.2, 0.25) is 0 Å². The van der Waals surface area contributed by atoms with Crippen LogP contribution < -0.4 is 0 Å². The van der Waals surface area contributed by atoms with Crippen LogP contribution in [0.15, 0.2) is 23.9 Å². The third-order valence-electron chi connectivity index (χ3n) is 3.69. The molecular formula is C14H21BO4. The van der Waals surface area contributed by atoms with E-state index in [9.17, 15) is 4.79 Å². The predicted octanol–water partition coefficient (Wildman–Crippen LogP) is 2.64. The van der Waals surface area contributed by atoms with Crippen LogP contribution in [-0.4, -0.2) is 25.3 Å². The fourth-order valence-corrected chi connectivity index (χ4v) is 2.32. The lowest BCUT2D eigenvalue weighted by Gasteiger charge is -2.21. The highest BCUT2D eigenvalue weighted by Crippen LogP contribution is 2.35. The van der Waals surface area contributed by atoms with Gasteiger partial charge in [0.1, 0.15) is 5.60 Å². The van der Waals surface area contributed by atoms with Crippen LogP contribution in [0.5, 0.6) is 0 Å². The van der Waals surface area contributed by atoms with Crippen LogP contribution in [0.2, 0.25) is 0 Å². The Hall–Kier alpha value is -1.23. The highest BCUT2D eigenvalue weighted by Gasteiger charge is 2.44. The predicted molar refractivity (Wildman–Crippen MR) is 73.2 cm³/mol. The summed E-state index contributed by atoms with van der Waals surface area (Å²) in [6.07, 6.45) is 4.34. The Morgan fingerprint density at radius 1 is 1.63 bits per heavy atom. The summed E-state index contributed by atoms with van der Waals surface area (Å²) in [6.45, 7) is 10.0. The van der Waals surface area contributed by atoms with Crippen molar-refractivity contribution >= 4 is 13.1 Å². The third kappa shape index (κ3) is 3.03. The molecular weight excluding hydrogens is 243 g/mol. The number of carbonyl (C=O) groups excluding carboxylic acids is 1. The van der Waals surface area contributed by atoms with Crippen LogP contribution in [0.1, 0.15) is 40.0 Å². The molecule has 0 aromatic heterocycles. The molecule has 0 aromatic rings. The van der Waals surface area contributed by atoms with Gasteiger partial charge in [-0.1, -0.05) is 12.7 Å². The number of esters is 1. The van der Waals surface area contributed by atoms with Crippen molar-refractivity contribution in [3.8, 4) is 0 Å². The molecule has 5 heteroatoms. The molecule has 0 bridgehead atoms. The van der Waals surface area contributed by atoms with Crippen molar-refractivity contribution in [1.29, 1.82) is 0 Å². The average Bonchev–Trinajstić information content (AvgIpc) is 2.64. The van der Waals surface area contributed by atoms with E-state index in [4.69, 9.17) is 14.0 Å². The minimum absolute atomic E-state index is 0.0266. The molecule has 2 rings (SSSR count). The lowest BCUT2D eigenvalue weighted by Crippen LogP contribution is -2.28. The Balaban J connectivity index is 1.95. The molecule has 2 aliphatic rings. The van der Waals surface area contributed by atoms with E-state index < -0.39 is 5.60 Å². The summed E-state index contributed by atoms with van der Waals surface area (Å²) in [5.74, 6) is 0.531. The highest BCUT2D eigenvalue weighted by molar-refractivity contribution is 6.55. The molecule has 1 heterocycles. The van der Waals surface area contributed by atoms with Crippen molar-refractivity contribution in [3.63, 3.8) is 0 Å². The SMILES string of the molecule is C=C1OB(C2=CCC(C(=O)OCC)CC2)OC1(C)C. The zero-order valence-electron chi connectivity index (χ0n) is 11.9. The molecule has 1 aliphatic heterocycles. The second-order valence-corrected chi connectivity index (χ2v) is 5.50. The van der Waals surface area contributed by atoms with Gasteiger partial charge in [0.15, 0.2) is 0 Å². The van der Waals surface area contributed by atoms with Gasteiger partial charge in [0.25, 0.3) is 0 Å². The molecule has 1 unspecified atom stereocenters. The van der Waals surface area contributed by atoms with Crippen molar-refractivity contribution in [2.75, 3.05) is 6.61 Å². The normalized spacial score (nSPS) is 25.8. The van der Waals surface area contributed by atoms with E-state index in [0.29, 0.717) is 18.8 Å². The summed E-state index contributed by atoms with van der Waals surface area (Å²) in [4.78, 5) is 11.7. The lowest BCUT2D eigenvalue weighted by molar-refractivity contribution is -0.148. The van der Waals surface area contributed by atoms with Crippen LogP contribution in [0.3, 0.4) is 0 Å². The zero-order valence-corrected chi connectivity index (χ0v) is 11.9. The van der Waals surface area contributed by atoms with Crippen molar-refractivity contribution < 1.29 is 18.8 Å². The first-order chi connectivity index (χ1) is 8.94. The number of ether oxygens (including phenoxy) is 1. The first-order valence-corrected chi connectivity index (χ1v) is 6.83. The summed E-state index contributed by atoms with van der Waals surface area (Å²) in [7, 11) is -0.342. The zero-order chi connectivity index (χ0) is 14.0. The van der Waals surface area contributed by atoms with Gasteiger partial charge in [-0.05, 0) is 45.5 Å². The summed E-state index contributed by atoms with van der Waals surface area (Å²) >= 11 is 0. The molecule has 0 aromatic carbocycles. The Morgan fingerprint density at radius 2 is 2.37 bits per heavy atom. The van der Waals surface area contributed by atoms with Gasteiger partial charge in [0, 0.05) is 0 Å². The summed E-state index contributed by atoms with van der Waals surface area (Å²) in [5.41, 5.74) is 0.663. The highest BCUT2D eigenvalue weighted by atomic mass is 16.7. The van der Waals surface area contributed by atoms with Gasteiger partial charge in [-0.2, -0.15) is 0 Å². The Labute approximate surface area is 114 Å². The van der Waals surface area contributed by atoms with E-state index in [2.05, 4.69) is 6.58 Å². The van der Waals surface area contributed by atoms with Gasteiger partial charge < -0.3 is 14.0 Å². The molecule has 0 N–H and O–H groups in total. The number of allylic oxidation sites excluding steroid dienone is 2. The van der Waals surface area contributed by atoms with E-state index in [1.54, 1.807) is 0 Å². The van der Waals surface area contributed by atoms with Gasteiger partial charge in [-0.15, -0.1) is 0 Å². The monoisotopic (exact) mass is 264 g/mol. The summed E-state index contributed by atoms with van der Waals surface area (Å²) in [5, 5.41) is 0. The first kappa shape index (κ1) is 14.2. The Morgan fingerprint density at radius 3 is 2.84 bits per heavy atom. The van der Waals surface area contributed by atoms with Crippen molar-refractivity contribution in [2.24, 2.45) is 5.92 Å². The number of rotatable bonds is 3. The second-order valence-electron chi connectivity index (χ2n) is 5.50. The van der Waals surface area contributed by atoms with E-state index >= 15 is 0 Å². The topological polar surface area (TPSA) is 44.8 Å². The van der Waals surface area contributed by atoms with E-state index in [-0.39, 0.29) is 19.0 Å². The largest absolute Gasteiger partial charge is 0.558 e. The average molecular weight is 264 g/mol. The van der Waals surface area contributed by atoms with Crippen LogP contribution in [-0.2, 0) is 18.8 Å². The van der Waals surface area contributed by atoms with Gasteiger partial charge in [0.05, 0.1) is 18.3 Å². The summed E-state index contributed by atoms with van der Waals surface area (Å²) in [6, 6.07) is 0. The maximum atomic E-state index is 11.7. The first-order valence-electron chi connectivity index (χ1n) is 6.83. The lowest BCUT2D eigenvalue weighted by atomic mass is 9.70. The molecule has 1 saturated heterocycles. The maximum absolute atomic E-state index is 11.7. The van der Waals surface area contributed by atoms with Crippen molar-refractivity contribution in [1.82, 2.24) is 0 Å². The van der Waals surface area contributed by atoms with Gasteiger partial charge >= 0.3 is 13.1 Å². The molecule has 1 fully saturated rings. The molecule has 1 atom stereocenters. The molecule has 0 spiro atoms. The van der Waals surface area contributed by atoms with E-state index in [1.807, 2.05) is 26.8 Å². The van der Waals surface area contributed by atoms with Crippen molar-refractivity contribution in [3.05, 3.63) is 23.9 Å². The second kappa shape index (κ2) is 5.41. The third-order valence-corrected chi connectivity index (χ3v) is 3.69. The van der Waals surface area contributed by atoms with E-state index in [1.165, 1.54) is 0 Å². The molecule has 4 nitrogen and oxygen atoms in total. The van der Waals surface area contributed by atoms with Crippen LogP contribution in [0, 0.1) is 5.92 Å². The fourth-order valence-electron chi connectivity index (χ4n) is 2.32. The molecule has 19 heavy (non-hydrogen) atoms. The molecule has 0 amide bonds. The molecule has 0 saturated carbocycles. The molecule has 104 valence electrons. The number of hydrogen-bond acceptors (Lipinski definition) is 4. The van der Waals surface area contributed by atoms with Gasteiger partial charge in [-0.3, -0.25) is 4.79 Å².